The van der Waals surface area contributed by atoms with E-state index in [0.29, 0.717) is 11.6 Å². The SMILES string of the molecule is C=C(C)C(=O)O[Si](Cl)(Cl)CCCC. The Morgan fingerprint density at radius 3 is 2.46 bits per heavy atom. The molecule has 0 saturated carbocycles. The van der Waals surface area contributed by atoms with Gasteiger partial charge in [0.2, 0.25) is 0 Å². The van der Waals surface area contributed by atoms with Crippen LogP contribution in [0.25, 0.3) is 0 Å². The third-order valence-corrected chi connectivity index (χ3v) is 4.43. The molecule has 0 fully saturated rings. The highest BCUT2D eigenvalue weighted by Crippen LogP contribution is 2.25. The Balaban J connectivity index is 4.00. The highest BCUT2D eigenvalue weighted by Gasteiger charge is 2.34. The molecule has 0 atom stereocenters. The van der Waals surface area contributed by atoms with Gasteiger partial charge in [-0.3, -0.25) is 0 Å². The summed E-state index contributed by atoms with van der Waals surface area (Å²) in [6, 6.07) is 0.575. The average molecular weight is 241 g/mol. The number of carbonyl (C=O) groups is 1. The third kappa shape index (κ3) is 6.13. The summed E-state index contributed by atoms with van der Waals surface area (Å²) in [5, 5.41) is 0. The van der Waals surface area contributed by atoms with Gasteiger partial charge in [0.05, 0.1) is 0 Å². The molecule has 76 valence electrons. The normalized spacial score (nSPS) is 11.1. The lowest BCUT2D eigenvalue weighted by molar-refractivity contribution is -0.130. The number of carbonyl (C=O) groups excluding carboxylic acids is 1. The molecule has 0 heterocycles. The van der Waals surface area contributed by atoms with Gasteiger partial charge in [-0.2, -0.15) is 0 Å². The van der Waals surface area contributed by atoms with Crippen molar-refractivity contribution in [3.63, 3.8) is 0 Å². The zero-order valence-corrected chi connectivity index (χ0v) is 10.4. The molecule has 2 nitrogen and oxygen atoms in total. The van der Waals surface area contributed by atoms with E-state index in [1.165, 1.54) is 0 Å². The number of hydrogen-bond acceptors (Lipinski definition) is 2. The Bertz CT molecular complexity index is 204. The van der Waals surface area contributed by atoms with Gasteiger partial charge >= 0.3 is 12.9 Å². The van der Waals surface area contributed by atoms with Crippen molar-refractivity contribution in [1.82, 2.24) is 0 Å². The maximum atomic E-state index is 11.1. The fraction of sp³-hybridized carbons (Fsp3) is 0.625. The predicted octanol–water partition coefficient (Wildman–Crippen LogP) is 3.32. The first-order chi connectivity index (χ1) is 5.89. The van der Waals surface area contributed by atoms with Crippen LogP contribution in [0, 0.1) is 0 Å². The van der Waals surface area contributed by atoms with Crippen molar-refractivity contribution in [2.45, 2.75) is 32.7 Å². The number of unbranched alkanes of at least 4 members (excludes halogenated alkanes) is 1. The highest BCUT2D eigenvalue weighted by atomic mass is 35.7. The molecule has 0 aliphatic rings. The van der Waals surface area contributed by atoms with Gasteiger partial charge < -0.3 is 4.43 Å². The van der Waals surface area contributed by atoms with E-state index in [4.69, 9.17) is 26.6 Å². The van der Waals surface area contributed by atoms with Crippen LogP contribution >= 0.6 is 22.2 Å². The van der Waals surface area contributed by atoms with Gasteiger partial charge in [-0.1, -0.05) is 48.5 Å². The van der Waals surface area contributed by atoms with Gasteiger partial charge in [0.15, 0.2) is 0 Å². The molecular formula is C8H14Cl2O2Si. The molecular weight excluding hydrogens is 227 g/mol. The van der Waals surface area contributed by atoms with E-state index in [-0.39, 0.29) is 0 Å². The Kier molecular flexibility index (Phi) is 5.68. The van der Waals surface area contributed by atoms with Gasteiger partial charge in [0.25, 0.3) is 0 Å². The molecule has 13 heavy (non-hydrogen) atoms. The van der Waals surface area contributed by atoms with Crippen LogP contribution in [0.4, 0.5) is 0 Å². The molecule has 0 aromatic heterocycles. The van der Waals surface area contributed by atoms with Crippen molar-refractivity contribution in [1.29, 1.82) is 0 Å². The van der Waals surface area contributed by atoms with Crippen molar-refractivity contribution in [2.75, 3.05) is 0 Å². The van der Waals surface area contributed by atoms with Crippen molar-refractivity contribution >= 4 is 35.1 Å². The highest BCUT2D eigenvalue weighted by molar-refractivity contribution is 7.42. The third-order valence-electron chi connectivity index (χ3n) is 1.41. The first-order valence-electron chi connectivity index (χ1n) is 4.15. The first kappa shape index (κ1) is 13.0. The second-order valence-corrected chi connectivity index (χ2v) is 9.13. The van der Waals surface area contributed by atoms with Crippen LogP contribution in [0.5, 0.6) is 0 Å². The Morgan fingerprint density at radius 1 is 1.54 bits per heavy atom. The first-order valence-corrected chi connectivity index (χ1v) is 8.29. The summed E-state index contributed by atoms with van der Waals surface area (Å²) in [7, 11) is 0. The van der Waals surface area contributed by atoms with E-state index in [2.05, 4.69) is 6.58 Å². The van der Waals surface area contributed by atoms with Gasteiger partial charge in [-0.25, -0.2) is 4.79 Å². The van der Waals surface area contributed by atoms with Gasteiger partial charge in [-0.15, -0.1) is 0 Å². The Hall–Kier alpha value is 0.00688. The molecule has 0 N–H and O–H groups in total. The minimum atomic E-state index is -2.82. The molecule has 0 rings (SSSR count). The molecule has 5 heteroatoms. The lowest BCUT2D eigenvalue weighted by Crippen LogP contribution is -2.28. The summed E-state index contributed by atoms with van der Waals surface area (Å²) in [5.41, 5.74) is 0.328. The van der Waals surface area contributed by atoms with Crippen LogP contribution in [-0.2, 0) is 9.22 Å². The van der Waals surface area contributed by atoms with Crippen LogP contribution in [0.15, 0.2) is 12.2 Å². The van der Waals surface area contributed by atoms with Crippen molar-refractivity contribution < 1.29 is 9.22 Å². The fourth-order valence-electron chi connectivity index (χ4n) is 0.656. The molecule has 0 aromatic carbocycles. The molecule has 0 bridgehead atoms. The monoisotopic (exact) mass is 240 g/mol. The van der Waals surface area contributed by atoms with Crippen LogP contribution in [0.2, 0.25) is 6.04 Å². The lowest BCUT2D eigenvalue weighted by Gasteiger charge is -2.16. The lowest BCUT2D eigenvalue weighted by atomic mass is 10.4. The molecule has 0 saturated heterocycles. The largest absolute Gasteiger partial charge is 0.488 e. The number of rotatable bonds is 5. The summed E-state index contributed by atoms with van der Waals surface area (Å²) in [5.74, 6) is -0.493. The number of halogens is 2. The van der Waals surface area contributed by atoms with E-state index in [9.17, 15) is 4.79 Å². The second-order valence-electron chi connectivity index (χ2n) is 2.91. The molecule has 0 unspecified atom stereocenters. The van der Waals surface area contributed by atoms with Gasteiger partial charge in [-0.05, 0) is 6.92 Å². The van der Waals surface area contributed by atoms with E-state index < -0.39 is 12.9 Å². The maximum Gasteiger partial charge on any atom is 0.451 e. The minimum absolute atomic E-state index is 0.328. The van der Waals surface area contributed by atoms with E-state index in [1.807, 2.05) is 6.92 Å². The number of hydrogen-bond donors (Lipinski definition) is 0. The molecule has 0 radical (unpaired) electrons. The fourth-order valence-corrected chi connectivity index (χ4v) is 3.19. The minimum Gasteiger partial charge on any atom is -0.488 e. The van der Waals surface area contributed by atoms with Crippen molar-refractivity contribution in [2.24, 2.45) is 0 Å². The second kappa shape index (κ2) is 5.68. The predicted molar refractivity (Wildman–Crippen MR) is 58.1 cm³/mol. The van der Waals surface area contributed by atoms with E-state index in [0.717, 1.165) is 12.8 Å². The van der Waals surface area contributed by atoms with Crippen LogP contribution < -0.4 is 0 Å². The smallest absolute Gasteiger partial charge is 0.451 e. The van der Waals surface area contributed by atoms with Gasteiger partial charge in [0, 0.05) is 11.6 Å². The zero-order valence-electron chi connectivity index (χ0n) is 7.90. The summed E-state index contributed by atoms with van der Waals surface area (Å²) in [6.45, 7) is 4.23. The Labute approximate surface area is 89.4 Å². The van der Waals surface area contributed by atoms with Crippen molar-refractivity contribution in [3.05, 3.63) is 12.2 Å². The van der Waals surface area contributed by atoms with Crippen LogP contribution in [-0.4, -0.2) is 12.9 Å². The summed E-state index contributed by atoms with van der Waals surface area (Å²) in [4.78, 5) is 11.1. The molecule has 0 aliphatic carbocycles. The molecule has 0 aliphatic heterocycles. The topological polar surface area (TPSA) is 26.3 Å². The summed E-state index contributed by atoms with van der Waals surface area (Å²) in [6.07, 6.45) is 1.86. The van der Waals surface area contributed by atoms with Crippen LogP contribution in [0.3, 0.4) is 0 Å². The van der Waals surface area contributed by atoms with E-state index in [1.54, 1.807) is 6.92 Å². The maximum absolute atomic E-state index is 11.1. The van der Waals surface area contributed by atoms with Crippen LogP contribution in [0.1, 0.15) is 26.7 Å². The quantitative estimate of drug-likeness (QED) is 0.419. The Morgan fingerprint density at radius 2 is 2.08 bits per heavy atom. The zero-order chi connectivity index (χ0) is 10.5. The molecule has 0 spiro atoms. The molecule has 0 aromatic rings. The standard InChI is InChI=1S/C8H14Cl2O2Si/c1-4-5-6-13(9,10)12-8(11)7(2)3/h2,4-6H2,1,3H3. The van der Waals surface area contributed by atoms with Gasteiger partial charge in [0.1, 0.15) is 0 Å². The van der Waals surface area contributed by atoms with E-state index >= 15 is 0 Å². The average Bonchev–Trinajstić information content (AvgIpc) is 2.00. The summed E-state index contributed by atoms with van der Waals surface area (Å²) < 4.78 is 4.93. The summed E-state index contributed by atoms with van der Waals surface area (Å²) >= 11 is 11.7. The molecule has 0 amide bonds. The van der Waals surface area contributed by atoms with Crippen molar-refractivity contribution in [3.8, 4) is 0 Å².